The number of Topliss-reactive ketones (excluding diaryl/α,β-unsaturated/α-hetero) is 1. The number of ether oxygens (including phenoxy) is 1. The molecule has 0 atom stereocenters. The summed E-state index contributed by atoms with van der Waals surface area (Å²) in [6, 6.07) is 14.6. The number of benzene rings is 2. The number of anilines is 1. The molecule has 3 heterocycles. The van der Waals surface area contributed by atoms with Gasteiger partial charge in [0.1, 0.15) is 10.7 Å². The third-order valence-corrected chi connectivity index (χ3v) is 11.3. The van der Waals surface area contributed by atoms with Crippen LogP contribution in [0.2, 0.25) is 0 Å². The number of hydrogen-bond acceptors (Lipinski definition) is 7. The molecule has 1 saturated heterocycles. The predicted molar refractivity (Wildman–Crippen MR) is 199 cm³/mol. The molecular formula is C39H48N3O4S2+. The summed E-state index contributed by atoms with van der Waals surface area (Å²) in [6.07, 6.45) is 5.50. The van der Waals surface area contributed by atoms with E-state index in [1.165, 1.54) is 27.9 Å². The number of esters is 1. The molecule has 0 unspecified atom stereocenters. The van der Waals surface area contributed by atoms with Crippen molar-refractivity contribution >= 4 is 63.0 Å². The normalized spacial score (nSPS) is 19.6. The molecule has 0 radical (unpaired) electrons. The standard InChI is InChI=1S/C39H48N3O4S2/c1-9-46-35(44)19-21-40-26(4)38(5,6)30-23-27(14-15-32(30)40)22-28(43)24-42-36(45)33(48-37(42)47)16-17-34-39(7,8)29-12-10-11-13-31(29)41(34)20-18-25(2)3/h10-17,23,25H,9,18-22,24H2,1-8H3/q+1/b33-16+,34-17-. The highest BCUT2D eigenvalue weighted by Crippen LogP contribution is 2.48. The van der Waals surface area contributed by atoms with Gasteiger partial charge < -0.3 is 9.64 Å². The number of ketones is 1. The molecule has 5 rings (SSSR count). The Balaban J connectivity index is 1.29. The van der Waals surface area contributed by atoms with Crippen LogP contribution in [0.5, 0.6) is 0 Å². The largest absolute Gasteiger partial charge is 0.466 e. The Kier molecular flexibility index (Phi) is 10.5. The number of rotatable bonds is 12. The number of thiocarbonyl (C=S) groups is 1. The van der Waals surface area contributed by atoms with E-state index in [2.05, 4.69) is 94.3 Å². The first-order valence-corrected chi connectivity index (χ1v) is 18.1. The SMILES string of the molecule is CCOC(=O)CC[N+]1=C(C)C(C)(C)c2cc(CC(=O)CN3C(=O)/C(=C\C=C4/N(CCC(C)C)c5ccccc5C4(C)C)SC3=S)ccc21. The average molecular weight is 687 g/mol. The Bertz CT molecular complexity index is 1750. The van der Waals surface area contributed by atoms with Crippen molar-refractivity contribution in [3.8, 4) is 0 Å². The van der Waals surface area contributed by atoms with Gasteiger partial charge in [0.25, 0.3) is 5.91 Å². The first kappa shape index (κ1) is 35.7. The van der Waals surface area contributed by atoms with Gasteiger partial charge in [0.2, 0.25) is 5.69 Å². The highest BCUT2D eigenvalue weighted by atomic mass is 32.2. The van der Waals surface area contributed by atoms with Crippen LogP contribution in [0.1, 0.15) is 84.9 Å². The molecule has 3 aliphatic heterocycles. The Labute approximate surface area is 295 Å². The van der Waals surface area contributed by atoms with Crippen LogP contribution in [0.3, 0.4) is 0 Å². The summed E-state index contributed by atoms with van der Waals surface area (Å²) in [6.45, 7) is 18.9. The van der Waals surface area contributed by atoms with Crippen LogP contribution in [-0.2, 0) is 36.4 Å². The second kappa shape index (κ2) is 14.1. The smallest absolute Gasteiger partial charge is 0.312 e. The molecule has 7 nitrogen and oxygen atoms in total. The molecule has 2 aromatic carbocycles. The minimum atomic E-state index is -0.250. The van der Waals surface area contributed by atoms with Crippen LogP contribution >= 0.6 is 24.0 Å². The second-order valence-corrected chi connectivity index (χ2v) is 16.0. The van der Waals surface area contributed by atoms with Crippen LogP contribution in [-0.4, -0.2) is 63.4 Å². The monoisotopic (exact) mass is 686 g/mol. The molecule has 48 heavy (non-hydrogen) atoms. The topological polar surface area (TPSA) is 69.9 Å². The van der Waals surface area contributed by atoms with Gasteiger partial charge in [-0.3, -0.25) is 19.3 Å². The fourth-order valence-corrected chi connectivity index (χ4v) is 8.10. The minimum absolute atomic E-state index is 0.0622. The van der Waals surface area contributed by atoms with E-state index in [0.29, 0.717) is 34.7 Å². The zero-order valence-electron chi connectivity index (χ0n) is 29.5. The summed E-state index contributed by atoms with van der Waals surface area (Å²) in [5.41, 5.74) is 7.39. The number of thioether (sulfide) groups is 1. The molecule has 0 saturated carbocycles. The summed E-state index contributed by atoms with van der Waals surface area (Å²) < 4.78 is 7.71. The first-order chi connectivity index (χ1) is 22.7. The molecule has 0 aromatic heterocycles. The van der Waals surface area contributed by atoms with E-state index in [1.54, 1.807) is 0 Å². The number of hydrogen-bond donors (Lipinski definition) is 0. The molecule has 1 amide bonds. The lowest BCUT2D eigenvalue weighted by molar-refractivity contribution is -0.438. The second-order valence-electron chi connectivity index (χ2n) is 14.3. The van der Waals surface area contributed by atoms with Gasteiger partial charge in [-0.15, -0.1) is 0 Å². The minimum Gasteiger partial charge on any atom is -0.466 e. The molecule has 0 spiro atoms. The number of nitrogens with zero attached hydrogens (tertiary/aromatic N) is 3. The molecule has 2 aromatic rings. The Morgan fingerprint density at radius 2 is 1.75 bits per heavy atom. The van der Waals surface area contributed by atoms with E-state index in [0.717, 1.165) is 41.2 Å². The van der Waals surface area contributed by atoms with Crippen LogP contribution in [0.4, 0.5) is 11.4 Å². The lowest BCUT2D eigenvalue weighted by Crippen LogP contribution is -2.34. The maximum Gasteiger partial charge on any atom is 0.312 e. The van der Waals surface area contributed by atoms with Crippen LogP contribution in [0.15, 0.2) is 65.2 Å². The van der Waals surface area contributed by atoms with Gasteiger partial charge in [0.05, 0.1) is 23.5 Å². The van der Waals surface area contributed by atoms with Crippen molar-refractivity contribution in [2.24, 2.45) is 5.92 Å². The van der Waals surface area contributed by atoms with Gasteiger partial charge in [-0.1, -0.05) is 75.9 Å². The molecule has 3 aliphatic rings. The summed E-state index contributed by atoms with van der Waals surface area (Å²) in [7, 11) is 0. The van der Waals surface area contributed by atoms with Gasteiger partial charge >= 0.3 is 5.97 Å². The number of fused-ring (bicyclic) bond motifs is 2. The third-order valence-electron chi connectivity index (χ3n) is 9.91. The molecule has 0 bridgehead atoms. The number of carbonyl (C=O) groups excluding carboxylic acids is 3. The number of para-hydroxylation sites is 1. The van der Waals surface area contributed by atoms with Crippen molar-refractivity contribution in [2.45, 2.75) is 85.5 Å². The Hall–Kier alpha value is -3.56. The van der Waals surface area contributed by atoms with Gasteiger partial charge in [0.15, 0.2) is 18.0 Å². The quantitative estimate of drug-likeness (QED) is 0.0985. The van der Waals surface area contributed by atoms with E-state index in [4.69, 9.17) is 17.0 Å². The van der Waals surface area contributed by atoms with Crippen molar-refractivity contribution in [3.63, 3.8) is 0 Å². The van der Waals surface area contributed by atoms with E-state index < -0.39 is 0 Å². The van der Waals surface area contributed by atoms with Gasteiger partial charge in [-0.25, -0.2) is 0 Å². The van der Waals surface area contributed by atoms with E-state index in [1.807, 2.05) is 25.1 Å². The van der Waals surface area contributed by atoms with Gasteiger partial charge in [0, 0.05) is 48.3 Å². The van der Waals surface area contributed by atoms with Crippen molar-refractivity contribution in [2.75, 3.05) is 31.1 Å². The fourth-order valence-electron chi connectivity index (χ4n) is 6.90. The fraction of sp³-hybridized carbons (Fsp3) is 0.462. The highest BCUT2D eigenvalue weighted by molar-refractivity contribution is 8.26. The molecule has 1 fully saturated rings. The summed E-state index contributed by atoms with van der Waals surface area (Å²) >= 11 is 6.86. The highest BCUT2D eigenvalue weighted by Gasteiger charge is 2.43. The average Bonchev–Trinajstić information content (AvgIpc) is 3.50. The lowest BCUT2D eigenvalue weighted by atomic mass is 9.81. The van der Waals surface area contributed by atoms with Crippen LogP contribution in [0, 0.1) is 5.92 Å². The van der Waals surface area contributed by atoms with Crippen LogP contribution < -0.4 is 4.90 Å². The summed E-state index contributed by atoms with van der Waals surface area (Å²) in [4.78, 5) is 43.3. The Morgan fingerprint density at radius 1 is 1.02 bits per heavy atom. The number of carbonyl (C=O) groups is 3. The predicted octanol–water partition coefficient (Wildman–Crippen LogP) is 7.62. The van der Waals surface area contributed by atoms with E-state index >= 15 is 0 Å². The molecule has 0 N–H and O–H groups in total. The molecular weight excluding hydrogens is 639 g/mol. The van der Waals surface area contributed by atoms with Gasteiger partial charge in [-0.05, 0) is 68.5 Å². The number of amides is 1. The number of allylic oxidation sites excluding steroid dienone is 3. The maximum absolute atomic E-state index is 13.6. The summed E-state index contributed by atoms with van der Waals surface area (Å²) in [5.74, 6) is 0.0558. The maximum atomic E-state index is 13.6. The summed E-state index contributed by atoms with van der Waals surface area (Å²) in [5, 5.41) is 0. The van der Waals surface area contributed by atoms with Gasteiger partial charge in [-0.2, -0.15) is 4.58 Å². The molecule has 0 aliphatic carbocycles. The molecule has 9 heteroatoms. The van der Waals surface area contributed by atoms with Crippen LogP contribution in [0.25, 0.3) is 0 Å². The first-order valence-electron chi connectivity index (χ1n) is 16.9. The van der Waals surface area contributed by atoms with Crippen molar-refractivity contribution < 1.29 is 23.7 Å². The van der Waals surface area contributed by atoms with Crippen molar-refractivity contribution in [1.29, 1.82) is 0 Å². The van der Waals surface area contributed by atoms with Crippen molar-refractivity contribution in [1.82, 2.24) is 4.90 Å². The zero-order chi connectivity index (χ0) is 35.0. The lowest BCUT2D eigenvalue weighted by Gasteiger charge is -2.27. The van der Waals surface area contributed by atoms with E-state index in [9.17, 15) is 14.4 Å². The third kappa shape index (κ3) is 6.95. The van der Waals surface area contributed by atoms with E-state index in [-0.39, 0.29) is 41.5 Å². The van der Waals surface area contributed by atoms with Crippen molar-refractivity contribution in [3.05, 3.63) is 81.9 Å². The molecule has 254 valence electrons. The Morgan fingerprint density at radius 3 is 2.46 bits per heavy atom. The zero-order valence-corrected chi connectivity index (χ0v) is 31.1.